The molecule has 0 bridgehead atoms. The van der Waals surface area contributed by atoms with Crippen molar-refractivity contribution in [3.8, 4) is 11.3 Å². The number of hydrogen-bond donors (Lipinski definition) is 1. The number of nitro groups is 1. The van der Waals surface area contributed by atoms with Gasteiger partial charge in [0.2, 0.25) is 11.8 Å². The maximum atomic E-state index is 13.9. The molecule has 4 aromatic rings. The summed E-state index contributed by atoms with van der Waals surface area (Å²) in [5.74, 6) is -1.41. The molecule has 2 heterocycles. The number of carbonyl (C=O) groups excluding carboxylic acids is 1. The molecule has 0 fully saturated rings. The van der Waals surface area contributed by atoms with E-state index in [1.54, 1.807) is 20.8 Å². The molecule has 0 atom stereocenters. The van der Waals surface area contributed by atoms with Gasteiger partial charge in [-0.05, 0) is 38.5 Å². The fraction of sp³-hybridized carbons (Fsp3) is 0.208. The molecule has 4 rings (SSSR count). The molecule has 2 aromatic carbocycles. The zero-order chi connectivity index (χ0) is 46.6. The SMILES string of the molecule is Cc1cc(F)c([N+](=O)[O-])cc1Nc1ncc(C(=O)OC(C)C)c(-c2cn(C)c3ccccc23)n1.[H-].[K+].[K][K].[K][K].[K][K].[K][K].[K][K].[K][K].[K][K].[K][K].[K][K].[K][K].[K][K]. The summed E-state index contributed by atoms with van der Waals surface area (Å²) < 4.78 is 21.3. The molecule has 0 saturated carbocycles. The number of anilines is 2. The van der Waals surface area contributed by atoms with Crippen LogP contribution in [-0.4, -0.2) is 726 Å². The Bertz CT molecular complexity index is 1490. The predicted octanol–water partition coefficient (Wildman–Crippen LogP) is -5.96. The molecule has 9 nitrogen and oxygen atoms in total. The Morgan fingerprint density at radius 3 is 1.68 bits per heavy atom. The van der Waals surface area contributed by atoms with Crippen molar-refractivity contribution in [2.24, 2.45) is 7.05 Å². The van der Waals surface area contributed by atoms with Crippen molar-refractivity contribution in [3.05, 3.63) is 75.9 Å². The predicted molar refractivity (Wildman–Crippen MR) is 253 cm³/mol. The second kappa shape index (κ2) is 91.4. The normalized spacial score (nSPS) is 8.18. The molecule has 0 saturated heterocycles. The summed E-state index contributed by atoms with van der Waals surface area (Å²) in [5.41, 5.74) is 2.20. The second-order valence-electron chi connectivity index (χ2n) is 8.08. The average molecular weight is 1360 g/mol. The maximum absolute atomic E-state index is 13.9. The Hall–Kier alpha value is 33.3. The summed E-state index contributed by atoms with van der Waals surface area (Å²) >= 11 is 27.5. The quantitative estimate of drug-likeness (QED) is 0.0888. The first-order valence-corrected chi connectivity index (χ1v) is 197. The molecule has 0 spiro atoms. The molecule has 57 heavy (non-hydrogen) atoms. The summed E-state index contributed by atoms with van der Waals surface area (Å²) in [5, 5.41) is 15.0. The van der Waals surface area contributed by atoms with E-state index in [1.807, 2.05) is 42.1 Å². The van der Waals surface area contributed by atoms with E-state index < -0.39 is 22.4 Å². The van der Waals surface area contributed by atoms with Gasteiger partial charge in [-0.2, -0.15) is 4.39 Å². The number of nitrogens with one attached hydrogen (secondary N) is 1. The van der Waals surface area contributed by atoms with E-state index in [0.29, 0.717) is 16.8 Å². The average Bonchev–Trinajstić information content (AvgIpc) is 3.62. The van der Waals surface area contributed by atoms with Crippen LogP contribution in [0.5, 0.6) is 0 Å². The third-order valence-corrected chi connectivity index (χ3v) is 5.24. The van der Waals surface area contributed by atoms with Crippen LogP contribution in [0.4, 0.5) is 21.7 Å². The third-order valence-electron chi connectivity index (χ3n) is 5.24. The Morgan fingerprint density at radius 1 is 0.825 bits per heavy atom. The van der Waals surface area contributed by atoms with Crippen molar-refractivity contribution in [1.29, 1.82) is 0 Å². The summed E-state index contributed by atoms with van der Waals surface area (Å²) in [6.45, 7) is 5.10. The molecular weight excluding hydrogens is 1340 g/mol. The number of esters is 1. The van der Waals surface area contributed by atoms with Crippen LogP contribution in [0, 0.1) is 22.9 Å². The van der Waals surface area contributed by atoms with Gasteiger partial charge in [0.15, 0.2) is 0 Å². The molecule has 0 aliphatic carbocycles. The van der Waals surface area contributed by atoms with Gasteiger partial charge in [-0.3, -0.25) is 10.1 Å². The molecule has 0 radical (unpaired) electrons. The fourth-order valence-corrected chi connectivity index (χ4v) is 3.66. The van der Waals surface area contributed by atoms with Crippen molar-refractivity contribution in [2.75, 3.05) is 5.32 Å². The topological polar surface area (TPSA) is 112 Å². The number of carbonyl (C=O) groups is 1. The van der Waals surface area contributed by atoms with Crippen LogP contribution in [0.15, 0.2) is 48.8 Å². The van der Waals surface area contributed by atoms with Crippen molar-refractivity contribution >= 4 is 729 Å². The van der Waals surface area contributed by atoms with Crippen LogP contribution in [0.3, 0.4) is 0 Å². The number of halogens is 1. The Kier molecular flexibility index (Phi) is 175. The third kappa shape index (κ3) is 61.4. The standard InChI is InChI=1S/C24H22FN5O4.23K.H/c1-13(2)34-23(31)16-11-26-24(27-19-10-21(30(32)33)18(25)9-14(19)3)28-22(16)17-12-29(4)20-8-6-5-7-15(17)20;;;;;;;;;;;;;;;;;;;;;;;;/h5-13H,1-4H3,(H,26,27,28);;;;;;;;;;;;;;;;;;;;;;;;/q;;;;;;;;;;;;;;;;;;;;;;;+1;-1. The van der Waals surface area contributed by atoms with Gasteiger partial charge < -0.3 is 16.0 Å². The summed E-state index contributed by atoms with van der Waals surface area (Å²) in [4.78, 5) is 32.0. The zero-order valence-electron chi connectivity index (χ0n) is 43.0. The molecule has 2 aromatic heterocycles. The number of aryl methyl sites for hydroxylation is 2. The number of fused-ring (bicyclic) bond motifs is 1. The molecule has 0 aliphatic rings. The van der Waals surface area contributed by atoms with Crippen molar-refractivity contribution in [3.63, 3.8) is 0 Å². The van der Waals surface area contributed by atoms with Crippen LogP contribution in [0.2, 0.25) is 0 Å². The Labute approximate surface area is 885 Å². The molecule has 33 heteroatoms. The van der Waals surface area contributed by atoms with E-state index in [9.17, 15) is 19.3 Å². The summed E-state index contributed by atoms with van der Waals surface area (Å²) in [6, 6.07) is 9.83. The minimum atomic E-state index is -0.933. The van der Waals surface area contributed by atoms with Crippen LogP contribution in [0.1, 0.15) is 31.2 Å². The van der Waals surface area contributed by atoms with Gasteiger partial charge in [0.05, 0.1) is 22.4 Å². The fourth-order valence-electron chi connectivity index (χ4n) is 3.66. The number of aromatic nitrogens is 3. The Morgan fingerprint density at radius 2 is 1.26 bits per heavy atom. The number of nitrogens with zero attached hydrogens (tertiary/aromatic N) is 4. The number of rotatable bonds is 6. The number of hydrogen-bond acceptors (Lipinski definition) is 7. The number of para-hydroxylation sites is 1. The van der Waals surface area contributed by atoms with Gasteiger partial charge in [0.1, 0.15) is 5.56 Å². The van der Waals surface area contributed by atoms with E-state index in [1.165, 1.54) is 701 Å². The van der Waals surface area contributed by atoms with Crippen molar-refractivity contribution < 1.29 is 71.7 Å². The second-order valence-corrected chi connectivity index (χ2v) is 8.08. The molecule has 1 N–H and O–H groups in total. The van der Waals surface area contributed by atoms with Gasteiger partial charge >= 0.3 is 758 Å². The molecule has 198 valence electrons. The van der Waals surface area contributed by atoms with Crippen molar-refractivity contribution in [2.45, 2.75) is 26.9 Å². The Balaban J connectivity index is -0.000000104. The van der Waals surface area contributed by atoms with Gasteiger partial charge in [-0.15, -0.1) is 0 Å². The first kappa shape index (κ1) is 109. The van der Waals surface area contributed by atoms with E-state index >= 15 is 0 Å². The van der Waals surface area contributed by atoms with Crippen LogP contribution < -0.4 is 56.7 Å². The van der Waals surface area contributed by atoms with E-state index in [-0.39, 0.29) is 76.1 Å². The first-order valence-electron chi connectivity index (χ1n) is 21.5. The van der Waals surface area contributed by atoms with E-state index in [4.69, 9.17) is 4.74 Å². The molecule has 0 amide bonds. The molecule has 0 aliphatic heterocycles. The van der Waals surface area contributed by atoms with Crippen molar-refractivity contribution in [1.82, 2.24) is 14.5 Å². The van der Waals surface area contributed by atoms with Crippen LogP contribution in [-0.2, 0) is 11.8 Å². The number of ether oxygens (including phenoxy) is 1. The van der Waals surface area contributed by atoms with Gasteiger partial charge in [0, 0.05) is 42.0 Å². The van der Waals surface area contributed by atoms with E-state index in [2.05, 4.69) is 15.3 Å². The zero-order valence-corrected chi connectivity index (χ0v) is 114. The van der Waals surface area contributed by atoms with Gasteiger partial charge in [-0.1, -0.05) is 18.2 Å². The summed E-state index contributed by atoms with van der Waals surface area (Å²) in [6.07, 6.45) is 2.87. The minimum absolute atomic E-state index is 0. The van der Waals surface area contributed by atoms with Crippen LogP contribution >= 0.6 is 0 Å². The molecule has 0 unspecified atom stereocenters. The van der Waals surface area contributed by atoms with Crippen LogP contribution in [0.25, 0.3) is 22.2 Å². The molecular formula is C24H23FK23N5O4. The number of benzene rings is 2. The van der Waals surface area contributed by atoms with Gasteiger partial charge in [0.25, 0.3) is 0 Å². The van der Waals surface area contributed by atoms with E-state index in [0.717, 1.165) is 23.0 Å². The summed E-state index contributed by atoms with van der Waals surface area (Å²) in [7, 11) is 1.89. The monoisotopic (exact) mass is 1360 g/mol. The van der Waals surface area contributed by atoms with Gasteiger partial charge in [-0.25, -0.2) is 14.8 Å². The number of nitro benzene ring substituents is 1. The first-order chi connectivity index (χ1) is 27.2.